The van der Waals surface area contributed by atoms with Gasteiger partial charge in [0.05, 0.1) is 0 Å². The summed E-state index contributed by atoms with van der Waals surface area (Å²) in [5.41, 5.74) is 1.14. The Labute approximate surface area is 74.2 Å². The highest BCUT2D eigenvalue weighted by molar-refractivity contribution is 5.28. The summed E-state index contributed by atoms with van der Waals surface area (Å²) >= 11 is 0. The molecule has 1 heteroatoms. The second kappa shape index (κ2) is 1.75. The van der Waals surface area contributed by atoms with Crippen LogP contribution in [-0.4, -0.2) is 11.7 Å². The summed E-state index contributed by atoms with van der Waals surface area (Å²) in [6.07, 6.45) is 3.98. The van der Waals surface area contributed by atoms with Gasteiger partial charge in [-0.15, -0.1) is 0 Å². The lowest BCUT2D eigenvalue weighted by molar-refractivity contribution is 0.113. The molecule has 0 radical (unpaired) electrons. The maximum atomic E-state index is 9.08. The Balaban J connectivity index is 1.97. The smallest absolute Gasteiger partial charge is 0.0436 e. The summed E-state index contributed by atoms with van der Waals surface area (Å²) < 4.78 is 0. The quantitative estimate of drug-likeness (QED) is 0.665. The SMILES string of the molecule is CC12C3CC(C[C@H]31)[C@@]2(C)CCO. The van der Waals surface area contributed by atoms with Gasteiger partial charge in [-0.2, -0.15) is 0 Å². The van der Waals surface area contributed by atoms with Crippen LogP contribution in [0, 0.1) is 28.6 Å². The van der Waals surface area contributed by atoms with E-state index in [4.69, 9.17) is 5.11 Å². The van der Waals surface area contributed by atoms with Crippen molar-refractivity contribution in [3.8, 4) is 0 Å². The minimum absolute atomic E-state index is 0.391. The fourth-order valence-electron chi connectivity index (χ4n) is 4.74. The lowest BCUT2D eigenvalue weighted by Gasteiger charge is -2.33. The van der Waals surface area contributed by atoms with Gasteiger partial charge in [0.2, 0.25) is 0 Å². The second-order valence-corrected chi connectivity index (χ2v) is 5.56. The molecular weight excluding hydrogens is 148 g/mol. The van der Waals surface area contributed by atoms with Crippen LogP contribution in [0.3, 0.4) is 0 Å². The number of hydrogen-bond acceptors (Lipinski definition) is 1. The van der Waals surface area contributed by atoms with E-state index in [0.29, 0.717) is 17.4 Å². The molecule has 4 saturated carbocycles. The first kappa shape index (κ1) is 7.37. The summed E-state index contributed by atoms with van der Waals surface area (Å²) in [7, 11) is 0. The number of aliphatic hydroxyl groups is 1. The lowest BCUT2D eigenvalue weighted by Crippen LogP contribution is -2.28. The van der Waals surface area contributed by atoms with Gasteiger partial charge in [-0.25, -0.2) is 0 Å². The molecule has 1 N–H and O–H groups in total. The molecule has 0 aliphatic heterocycles. The summed E-state index contributed by atoms with van der Waals surface area (Å²) in [5.74, 6) is 3.03. The Morgan fingerprint density at radius 3 is 2.17 bits per heavy atom. The topological polar surface area (TPSA) is 20.2 Å². The summed E-state index contributed by atoms with van der Waals surface area (Å²) in [5, 5.41) is 9.08. The molecule has 3 unspecified atom stereocenters. The van der Waals surface area contributed by atoms with Gasteiger partial charge < -0.3 is 5.11 Å². The van der Waals surface area contributed by atoms with Crippen molar-refractivity contribution in [2.75, 3.05) is 6.61 Å². The zero-order valence-electron chi connectivity index (χ0n) is 8.01. The summed E-state index contributed by atoms with van der Waals surface area (Å²) in [6, 6.07) is 0. The van der Waals surface area contributed by atoms with E-state index in [1.807, 2.05) is 0 Å². The molecule has 0 spiro atoms. The fraction of sp³-hybridized carbons (Fsp3) is 1.00. The highest BCUT2D eigenvalue weighted by Gasteiger charge is 2.80. The van der Waals surface area contributed by atoms with Crippen molar-refractivity contribution in [3.63, 3.8) is 0 Å². The molecule has 12 heavy (non-hydrogen) atoms. The third-order valence-electron chi connectivity index (χ3n) is 5.76. The predicted octanol–water partition coefficient (Wildman–Crippen LogP) is 2.05. The van der Waals surface area contributed by atoms with Crippen LogP contribution >= 0.6 is 0 Å². The van der Waals surface area contributed by atoms with Crippen LogP contribution < -0.4 is 0 Å². The van der Waals surface area contributed by atoms with Gasteiger partial charge in [-0.3, -0.25) is 0 Å². The van der Waals surface area contributed by atoms with Gasteiger partial charge in [-0.05, 0) is 47.8 Å². The van der Waals surface area contributed by atoms with Crippen LogP contribution in [0.2, 0.25) is 0 Å². The standard InChI is InChI=1S/C11H18O/c1-10(3-4-12)7-5-8-9(6-7)11(8,10)2/h7-9,12H,3-6H2,1-2H3/t7?,8-,9?,10-,11?/m1/s1. The van der Waals surface area contributed by atoms with Crippen LogP contribution in [0.4, 0.5) is 0 Å². The third-order valence-corrected chi connectivity index (χ3v) is 5.76. The zero-order chi connectivity index (χ0) is 8.56. The Morgan fingerprint density at radius 1 is 1.25 bits per heavy atom. The zero-order valence-corrected chi connectivity index (χ0v) is 8.01. The number of rotatable bonds is 2. The molecule has 0 heterocycles. The highest BCUT2D eigenvalue weighted by atomic mass is 16.3. The molecule has 0 amide bonds. The lowest BCUT2D eigenvalue weighted by atomic mass is 9.72. The van der Waals surface area contributed by atoms with Crippen molar-refractivity contribution in [3.05, 3.63) is 0 Å². The van der Waals surface area contributed by atoms with Gasteiger partial charge in [0.1, 0.15) is 0 Å². The molecule has 0 aromatic heterocycles. The summed E-state index contributed by atoms with van der Waals surface area (Å²) in [6.45, 7) is 5.27. The molecule has 4 bridgehead atoms. The molecule has 0 saturated heterocycles. The molecular formula is C11H18O. The van der Waals surface area contributed by atoms with Gasteiger partial charge in [0.25, 0.3) is 0 Å². The van der Waals surface area contributed by atoms with Crippen molar-refractivity contribution in [1.29, 1.82) is 0 Å². The van der Waals surface area contributed by atoms with Crippen LogP contribution in [0.5, 0.6) is 0 Å². The molecule has 5 atom stereocenters. The molecule has 0 aromatic rings. The third kappa shape index (κ3) is 0.477. The number of hydrogen-bond donors (Lipinski definition) is 1. The van der Waals surface area contributed by atoms with E-state index in [0.717, 1.165) is 24.2 Å². The maximum absolute atomic E-state index is 9.08. The Morgan fingerprint density at radius 2 is 1.83 bits per heavy atom. The molecule has 4 aliphatic rings. The first-order valence-corrected chi connectivity index (χ1v) is 5.25. The fourth-order valence-corrected chi connectivity index (χ4v) is 4.74. The van der Waals surface area contributed by atoms with Crippen LogP contribution in [0.1, 0.15) is 33.1 Å². The van der Waals surface area contributed by atoms with E-state index in [9.17, 15) is 0 Å². The molecule has 1 nitrogen and oxygen atoms in total. The monoisotopic (exact) mass is 166 g/mol. The van der Waals surface area contributed by atoms with Crippen LogP contribution in [-0.2, 0) is 0 Å². The van der Waals surface area contributed by atoms with E-state index >= 15 is 0 Å². The summed E-state index contributed by atoms with van der Waals surface area (Å²) in [4.78, 5) is 0. The van der Waals surface area contributed by atoms with E-state index < -0.39 is 0 Å². The van der Waals surface area contributed by atoms with Gasteiger partial charge in [0.15, 0.2) is 0 Å². The van der Waals surface area contributed by atoms with Crippen molar-refractivity contribution >= 4 is 0 Å². The minimum Gasteiger partial charge on any atom is -0.396 e. The normalized spacial score (nSPS) is 65.8. The van der Waals surface area contributed by atoms with Crippen molar-refractivity contribution in [2.24, 2.45) is 28.6 Å². The molecule has 68 valence electrons. The molecule has 0 aromatic carbocycles. The first-order valence-electron chi connectivity index (χ1n) is 5.25. The van der Waals surface area contributed by atoms with Gasteiger partial charge >= 0.3 is 0 Å². The largest absolute Gasteiger partial charge is 0.396 e. The van der Waals surface area contributed by atoms with Gasteiger partial charge in [-0.1, -0.05) is 13.8 Å². The average molecular weight is 166 g/mol. The van der Waals surface area contributed by atoms with Crippen molar-refractivity contribution < 1.29 is 5.11 Å². The van der Waals surface area contributed by atoms with E-state index in [1.54, 1.807) is 0 Å². The highest BCUT2D eigenvalue weighted by Crippen LogP contribution is 2.86. The number of aliphatic hydroxyl groups excluding tert-OH is 1. The second-order valence-electron chi connectivity index (χ2n) is 5.56. The first-order chi connectivity index (χ1) is 5.64. The van der Waals surface area contributed by atoms with Crippen LogP contribution in [0.15, 0.2) is 0 Å². The Hall–Kier alpha value is -0.0400. The Bertz CT molecular complexity index is 223. The average Bonchev–Trinajstić information content (AvgIpc) is 2.41. The van der Waals surface area contributed by atoms with E-state index in [-0.39, 0.29) is 0 Å². The molecule has 4 fully saturated rings. The van der Waals surface area contributed by atoms with Crippen molar-refractivity contribution in [1.82, 2.24) is 0 Å². The molecule has 4 rings (SSSR count). The molecule has 4 aliphatic carbocycles. The predicted molar refractivity (Wildman–Crippen MR) is 47.6 cm³/mol. The van der Waals surface area contributed by atoms with Gasteiger partial charge in [0, 0.05) is 6.61 Å². The minimum atomic E-state index is 0.391. The van der Waals surface area contributed by atoms with E-state index in [2.05, 4.69) is 13.8 Å². The Kier molecular flexibility index (Phi) is 1.07. The van der Waals surface area contributed by atoms with Crippen molar-refractivity contribution in [2.45, 2.75) is 33.1 Å². The maximum Gasteiger partial charge on any atom is 0.0436 e. The van der Waals surface area contributed by atoms with Crippen LogP contribution in [0.25, 0.3) is 0 Å². The van der Waals surface area contributed by atoms with E-state index in [1.165, 1.54) is 12.8 Å².